The number of aromatic nitrogens is 2. The predicted octanol–water partition coefficient (Wildman–Crippen LogP) is 4.38. The Morgan fingerprint density at radius 3 is 2.35 bits per heavy atom. The summed E-state index contributed by atoms with van der Waals surface area (Å²) in [7, 11) is 0. The van der Waals surface area contributed by atoms with E-state index in [1.165, 1.54) is 17.3 Å². The number of hydrogen-bond donors (Lipinski definition) is 1. The van der Waals surface area contributed by atoms with Gasteiger partial charge in [-0.3, -0.25) is 4.79 Å². The summed E-state index contributed by atoms with van der Waals surface area (Å²) < 4.78 is 0. The normalized spacial score (nSPS) is 12.3. The maximum atomic E-state index is 12.5. The summed E-state index contributed by atoms with van der Waals surface area (Å²) in [4.78, 5) is 21.0. The first-order valence-electron chi connectivity index (χ1n) is 8.45. The lowest BCUT2D eigenvalue weighted by Crippen LogP contribution is -2.23. The zero-order valence-corrected chi connectivity index (χ0v) is 16.9. The number of carbonyl (C=O) groups excluding carboxylic acids is 1. The highest BCUT2D eigenvalue weighted by molar-refractivity contribution is 8.00. The number of aryl methyl sites for hydroxylation is 2. The minimum absolute atomic E-state index is 0.0715. The third-order valence-corrected chi connectivity index (χ3v) is 5.04. The topological polar surface area (TPSA) is 78.7 Å². The van der Waals surface area contributed by atoms with Crippen LogP contribution in [0, 0.1) is 25.2 Å². The highest BCUT2D eigenvalue weighted by Crippen LogP contribution is 2.27. The standard InChI is InChI=1S/C20H24N4OS/c1-12-17(11-21)19(23-14(3)22-12)26-13(2)18(25)24-16-9-7-15(8-10-16)20(4,5)6/h7-10,13H,1-6H3,(H,24,25). The Morgan fingerprint density at radius 2 is 1.81 bits per heavy atom. The van der Waals surface area contributed by atoms with Crippen LogP contribution < -0.4 is 5.32 Å². The molecule has 0 saturated carbocycles. The maximum Gasteiger partial charge on any atom is 0.237 e. The molecule has 0 aliphatic heterocycles. The van der Waals surface area contributed by atoms with E-state index in [-0.39, 0.29) is 11.3 Å². The molecule has 1 heterocycles. The van der Waals surface area contributed by atoms with Gasteiger partial charge in [-0.15, -0.1) is 0 Å². The van der Waals surface area contributed by atoms with Crippen molar-refractivity contribution in [1.29, 1.82) is 5.26 Å². The molecule has 0 radical (unpaired) electrons. The Kier molecular flexibility index (Phi) is 6.04. The van der Waals surface area contributed by atoms with Crippen molar-refractivity contribution in [2.75, 3.05) is 5.32 Å². The van der Waals surface area contributed by atoms with Gasteiger partial charge in [0.15, 0.2) is 0 Å². The summed E-state index contributed by atoms with van der Waals surface area (Å²) >= 11 is 1.27. The third kappa shape index (κ3) is 4.83. The number of nitrogens with zero attached hydrogens (tertiary/aromatic N) is 3. The SMILES string of the molecule is Cc1nc(C)c(C#N)c(SC(C)C(=O)Nc2ccc(C(C)(C)C)cc2)n1. The lowest BCUT2D eigenvalue weighted by Gasteiger charge is -2.19. The molecule has 0 aliphatic rings. The molecule has 1 aromatic heterocycles. The van der Waals surface area contributed by atoms with Gasteiger partial charge in [0.2, 0.25) is 5.91 Å². The van der Waals surface area contributed by atoms with Crippen molar-refractivity contribution in [3.05, 3.63) is 46.9 Å². The Labute approximate surface area is 159 Å². The van der Waals surface area contributed by atoms with Gasteiger partial charge in [0.1, 0.15) is 22.5 Å². The second-order valence-corrected chi connectivity index (χ2v) is 8.55. The zero-order chi connectivity index (χ0) is 19.5. The molecule has 1 atom stereocenters. The Morgan fingerprint density at radius 1 is 1.19 bits per heavy atom. The molecule has 2 rings (SSSR count). The summed E-state index contributed by atoms with van der Waals surface area (Å²) in [5.74, 6) is 0.464. The van der Waals surface area contributed by atoms with E-state index >= 15 is 0 Å². The van der Waals surface area contributed by atoms with E-state index in [0.717, 1.165) is 5.69 Å². The minimum Gasteiger partial charge on any atom is -0.325 e. The molecule has 1 amide bonds. The number of rotatable bonds is 4. The summed E-state index contributed by atoms with van der Waals surface area (Å²) in [5.41, 5.74) is 3.10. The molecule has 1 N–H and O–H groups in total. The Hall–Kier alpha value is -2.39. The highest BCUT2D eigenvalue weighted by Gasteiger charge is 2.20. The van der Waals surface area contributed by atoms with Crippen LogP contribution in [-0.2, 0) is 10.2 Å². The van der Waals surface area contributed by atoms with Crippen LogP contribution in [0.2, 0.25) is 0 Å². The van der Waals surface area contributed by atoms with Gasteiger partial charge in [-0.2, -0.15) is 5.26 Å². The molecule has 26 heavy (non-hydrogen) atoms. The summed E-state index contributed by atoms with van der Waals surface area (Å²) in [5, 5.41) is 12.4. The van der Waals surface area contributed by atoms with Crippen molar-refractivity contribution >= 4 is 23.4 Å². The van der Waals surface area contributed by atoms with E-state index in [0.29, 0.717) is 22.1 Å². The average Bonchev–Trinajstić information content (AvgIpc) is 2.54. The van der Waals surface area contributed by atoms with Crippen LogP contribution in [0.1, 0.15) is 50.3 Å². The van der Waals surface area contributed by atoms with Crippen LogP contribution in [0.4, 0.5) is 5.69 Å². The molecule has 0 fully saturated rings. The van der Waals surface area contributed by atoms with Crippen molar-refractivity contribution in [3.63, 3.8) is 0 Å². The molecule has 0 spiro atoms. The van der Waals surface area contributed by atoms with E-state index in [9.17, 15) is 10.1 Å². The number of anilines is 1. The minimum atomic E-state index is -0.391. The van der Waals surface area contributed by atoms with Crippen LogP contribution in [-0.4, -0.2) is 21.1 Å². The van der Waals surface area contributed by atoms with Crippen LogP contribution in [0.15, 0.2) is 29.3 Å². The quantitative estimate of drug-likeness (QED) is 0.640. The van der Waals surface area contributed by atoms with Gasteiger partial charge >= 0.3 is 0 Å². The lowest BCUT2D eigenvalue weighted by atomic mass is 9.87. The molecule has 0 aliphatic carbocycles. The Balaban J connectivity index is 2.10. The van der Waals surface area contributed by atoms with Crippen LogP contribution >= 0.6 is 11.8 Å². The van der Waals surface area contributed by atoms with Crippen molar-refractivity contribution in [3.8, 4) is 6.07 Å². The van der Waals surface area contributed by atoms with Gasteiger partial charge < -0.3 is 5.32 Å². The van der Waals surface area contributed by atoms with E-state index in [1.807, 2.05) is 24.3 Å². The molecule has 0 bridgehead atoms. The number of thioether (sulfide) groups is 1. The Bertz CT molecular complexity index is 848. The van der Waals surface area contributed by atoms with Gasteiger partial charge in [-0.25, -0.2) is 9.97 Å². The largest absolute Gasteiger partial charge is 0.325 e. The number of nitrogens with one attached hydrogen (secondary N) is 1. The molecule has 2 aromatic rings. The first-order valence-corrected chi connectivity index (χ1v) is 9.33. The van der Waals surface area contributed by atoms with E-state index in [2.05, 4.69) is 42.1 Å². The lowest BCUT2D eigenvalue weighted by molar-refractivity contribution is -0.115. The monoisotopic (exact) mass is 368 g/mol. The molecule has 136 valence electrons. The zero-order valence-electron chi connectivity index (χ0n) is 16.0. The molecule has 5 nitrogen and oxygen atoms in total. The van der Waals surface area contributed by atoms with E-state index < -0.39 is 5.25 Å². The number of carbonyl (C=O) groups is 1. The maximum absolute atomic E-state index is 12.5. The number of amides is 1. The molecule has 1 unspecified atom stereocenters. The third-order valence-electron chi connectivity index (χ3n) is 3.96. The smallest absolute Gasteiger partial charge is 0.237 e. The molecule has 6 heteroatoms. The fourth-order valence-electron chi connectivity index (χ4n) is 2.41. The molecule has 1 aromatic carbocycles. The summed E-state index contributed by atoms with van der Waals surface area (Å²) in [6.45, 7) is 11.8. The predicted molar refractivity (Wildman–Crippen MR) is 105 cm³/mol. The van der Waals surface area contributed by atoms with Crippen molar-refractivity contribution < 1.29 is 4.79 Å². The molecular formula is C20H24N4OS. The number of hydrogen-bond acceptors (Lipinski definition) is 5. The second-order valence-electron chi connectivity index (χ2n) is 7.22. The average molecular weight is 369 g/mol. The van der Waals surface area contributed by atoms with Crippen LogP contribution in [0.5, 0.6) is 0 Å². The van der Waals surface area contributed by atoms with Gasteiger partial charge in [0.25, 0.3) is 0 Å². The number of benzene rings is 1. The van der Waals surface area contributed by atoms with Crippen LogP contribution in [0.3, 0.4) is 0 Å². The fraction of sp³-hybridized carbons (Fsp3) is 0.400. The van der Waals surface area contributed by atoms with Crippen molar-refractivity contribution in [2.45, 2.75) is 57.2 Å². The van der Waals surface area contributed by atoms with E-state index in [1.54, 1.807) is 20.8 Å². The molecule has 0 saturated heterocycles. The molecular weight excluding hydrogens is 344 g/mol. The van der Waals surface area contributed by atoms with Crippen molar-refractivity contribution in [1.82, 2.24) is 9.97 Å². The first kappa shape index (κ1) is 19.9. The van der Waals surface area contributed by atoms with Gasteiger partial charge in [0, 0.05) is 5.69 Å². The highest BCUT2D eigenvalue weighted by atomic mass is 32.2. The summed E-state index contributed by atoms with van der Waals surface area (Å²) in [6.07, 6.45) is 0. The fourth-order valence-corrected chi connectivity index (χ4v) is 3.41. The van der Waals surface area contributed by atoms with E-state index in [4.69, 9.17) is 0 Å². The van der Waals surface area contributed by atoms with Crippen molar-refractivity contribution in [2.24, 2.45) is 0 Å². The van der Waals surface area contributed by atoms with Gasteiger partial charge in [-0.1, -0.05) is 44.7 Å². The first-order chi connectivity index (χ1) is 12.1. The second kappa shape index (κ2) is 7.88. The van der Waals surface area contributed by atoms with Crippen LogP contribution in [0.25, 0.3) is 0 Å². The van der Waals surface area contributed by atoms with Gasteiger partial charge in [0.05, 0.1) is 10.9 Å². The summed E-state index contributed by atoms with van der Waals surface area (Å²) in [6, 6.07) is 10.0. The van der Waals surface area contributed by atoms with Gasteiger partial charge in [-0.05, 0) is 43.9 Å². The number of nitriles is 1.